The molecule has 0 aliphatic carbocycles. The van der Waals surface area contributed by atoms with Crippen LogP contribution in [-0.4, -0.2) is 20.2 Å². The number of aromatic amines is 1. The molecule has 66 valence electrons. The predicted molar refractivity (Wildman–Crippen MR) is 47.9 cm³/mol. The van der Waals surface area contributed by atoms with Gasteiger partial charge < -0.3 is 5.32 Å². The molecule has 0 bridgehead atoms. The van der Waals surface area contributed by atoms with E-state index in [1.165, 1.54) is 6.33 Å². The standard InChI is InChI=1S/C8H9N5/c1-2-4-9-7(3-1)10-5-8-11-6-12-13-8/h1-4,6H,5H2,(H,9,10)(H,11,12,13). The molecule has 2 heterocycles. The number of hydrogen-bond donors (Lipinski definition) is 2. The van der Waals surface area contributed by atoms with Gasteiger partial charge in [0.25, 0.3) is 0 Å². The normalized spacial score (nSPS) is 9.85. The van der Waals surface area contributed by atoms with Crippen molar-refractivity contribution >= 4 is 5.82 Å². The second-order valence-electron chi connectivity index (χ2n) is 2.50. The summed E-state index contributed by atoms with van der Waals surface area (Å²) in [5.74, 6) is 1.63. The van der Waals surface area contributed by atoms with Crippen molar-refractivity contribution in [3.05, 3.63) is 36.5 Å². The van der Waals surface area contributed by atoms with Crippen molar-refractivity contribution < 1.29 is 0 Å². The van der Waals surface area contributed by atoms with Crippen LogP contribution in [0, 0.1) is 0 Å². The Morgan fingerprint density at radius 1 is 1.31 bits per heavy atom. The molecule has 0 spiro atoms. The molecule has 2 N–H and O–H groups in total. The van der Waals surface area contributed by atoms with Crippen LogP contribution in [0.3, 0.4) is 0 Å². The summed E-state index contributed by atoms with van der Waals surface area (Å²) in [6.45, 7) is 0.608. The molecule has 5 nitrogen and oxygen atoms in total. The van der Waals surface area contributed by atoms with E-state index in [0.717, 1.165) is 11.6 Å². The molecule has 0 saturated heterocycles. The van der Waals surface area contributed by atoms with E-state index < -0.39 is 0 Å². The maximum atomic E-state index is 4.10. The first kappa shape index (κ1) is 7.72. The lowest BCUT2D eigenvalue weighted by atomic mass is 10.4. The topological polar surface area (TPSA) is 66.5 Å². The fourth-order valence-corrected chi connectivity index (χ4v) is 0.958. The van der Waals surface area contributed by atoms with Gasteiger partial charge in [0, 0.05) is 6.20 Å². The number of H-pyrrole nitrogens is 1. The van der Waals surface area contributed by atoms with Gasteiger partial charge in [0.05, 0.1) is 6.54 Å². The van der Waals surface area contributed by atoms with Gasteiger partial charge >= 0.3 is 0 Å². The summed E-state index contributed by atoms with van der Waals surface area (Å²) in [6, 6.07) is 5.70. The lowest BCUT2D eigenvalue weighted by Crippen LogP contribution is -2.02. The highest BCUT2D eigenvalue weighted by atomic mass is 15.2. The summed E-state index contributed by atoms with van der Waals surface area (Å²) in [6.07, 6.45) is 3.22. The molecular weight excluding hydrogens is 166 g/mol. The molecule has 0 amide bonds. The summed E-state index contributed by atoms with van der Waals surface area (Å²) < 4.78 is 0. The largest absolute Gasteiger partial charge is 0.363 e. The number of nitrogens with zero attached hydrogens (tertiary/aromatic N) is 3. The zero-order valence-electron chi connectivity index (χ0n) is 6.94. The second-order valence-corrected chi connectivity index (χ2v) is 2.50. The number of nitrogens with one attached hydrogen (secondary N) is 2. The minimum atomic E-state index is 0.608. The van der Waals surface area contributed by atoms with Crippen molar-refractivity contribution in [3.63, 3.8) is 0 Å². The quantitative estimate of drug-likeness (QED) is 0.724. The van der Waals surface area contributed by atoms with Crippen LogP contribution in [-0.2, 0) is 6.54 Å². The molecule has 0 saturated carbocycles. The van der Waals surface area contributed by atoms with Crippen LogP contribution in [0.15, 0.2) is 30.7 Å². The van der Waals surface area contributed by atoms with Crippen LogP contribution in [0.5, 0.6) is 0 Å². The molecular formula is C8H9N5. The molecule has 0 fully saturated rings. The predicted octanol–water partition coefficient (Wildman–Crippen LogP) is 0.812. The maximum Gasteiger partial charge on any atom is 0.143 e. The van der Waals surface area contributed by atoms with Gasteiger partial charge in [-0.2, -0.15) is 5.10 Å². The van der Waals surface area contributed by atoms with Crippen molar-refractivity contribution in [2.45, 2.75) is 6.54 Å². The Hall–Kier alpha value is -1.91. The van der Waals surface area contributed by atoms with Crippen molar-refractivity contribution in [1.29, 1.82) is 0 Å². The lowest BCUT2D eigenvalue weighted by Gasteiger charge is -2.00. The van der Waals surface area contributed by atoms with Gasteiger partial charge in [0.2, 0.25) is 0 Å². The highest BCUT2D eigenvalue weighted by molar-refractivity contribution is 5.32. The third-order valence-electron chi connectivity index (χ3n) is 1.57. The van der Waals surface area contributed by atoms with E-state index >= 15 is 0 Å². The molecule has 0 unspecified atom stereocenters. The van der Waals surface area contributed by atoms with E-state index in [1.54, 1.807) is 6.20 Å². The first-order valence-electron chi connectivity index (χ1n) is 3.94. The SMILES string of the molecule is c1ccc(NCc2ncn[nH]2)nc1. The number of aromatic nitrogens is 4. The minimum absolute atomic E-state index is 0.608. The van der Waals surface area contributed by atoms with Crippen LogP contribution in [0.4, 0.5) is 5.82 Å². The van der Waals surface area contributed by atoms with Gasteiger partial charge in [0.1, 0.15) is 18.0 Å². The molecule has 2 aromatic rings. The summed E-state index contributed by atoms with van der Waals surface area (Å²) in [4.78, 5) is 8.08. The molecule has 0 aliphatic heterocycles. The zero-order chi connectivity index (χ0) is 8.93. The zero-order valence-corrected chi connectivity index (χ0v) is 6.94. The fourth-order valence-electron chi connectivity index (χ4n) is 0.958. The van der Waals surface area contributed by atoms with Crippen LogP contribution < -0.4 is 5.32 Å². The Bertz CT molecular complexity index is 342. The van der Waals surface area contributed by atoms with Gasteiger partial charge in [-0.25, -0.2) is 9.97 Å². The van der Waals surface area contributed by atoms with Crippen molar-refractivity contribution in [2.75, 3.05) is 5.32 Å². The molecule has 5 heteroatoms. The van der Waals surface area contributed by atoms with Crippen molar-refractivity contribution in [3.8, 4) is 0 Å². The molecule has 2 aromatic heterocycles. The lowest BCUT2D eigenvalue weighted by molar-refractivity contribution is 0.947. The van der Waals surface area contributed by atoms with Gasteiger partial charge in [-0.3, -0.25) is 5.10 Å². The molecule has 0 radical (unpaired) electrons. The van der Waals surface area contributed by atoms with E-state index in [1.807, 2.05) is 18.2 Å². The first-order valence-corrected chi connectivity index (χ1v) is 3.94. The Morgan fingerprint density at radius 2 is 2.31 bits per heavy atom. The van der Waals surface area contributed by atoms with Gasteiger partial charge in [-0.05, 0) is 12.1 Å². The Labute approximate surface area is 75.2 Å². The van der Waals surface area contributed by atoms with Crippen LogP contribution in [0.25, 0.3) is 0 Å². The maximum absolute atomic E-state index is 4.10. The van der Waals surface area contributed by atoms with E-state index in [-0.39, 0.29) is 0 Å². The summed E-state index contributed by atoms with van der Waals surface area (Å²) >= 11 is 0. The molecule has 0 atom stereocenters. The van der Waals surface area contributed by atoms with E-state index in [0.29, 0.717) is 6.54 Å². The highest BCUT2D eigenvalue weighted by Crippen LogP contribution is 2.00. The Morgan fingerprint density at radius 3 is 3.00 bits per heavy atom. The Balaban J connectivity index is 1.94. The number of hydrogen-bond acceptors (Lipinski definition) is 4. The summed E-state index contributed by atoms with van der Waals surface area (Å²) in [5.41, 5.74) is 0. The number of anilines is 1. The summed E-state index contributed by atoms with van der Waals surface area (Å²) in [7, 11) is 0. The molecule has 2 rings (SSSR count). The van der Waals surface area contributed by atoms with Crippen LogP contribution in [0.1, 0.15) is 5.82 Å². The third kappa shape index (κ3) is 2.02. The van der Waals surface area contributed by atoms with Gasteiger partial charge in [0.15, 0.2) is 0 Å². The highest BCUT2D eigenvalue weighted by Gasteiger charge is 1.94. The molecule has 13 heavy (non-hydrogen) atoms. The smallest absolute Gasteiger partial charge is 0.143 e. The minimum Gasteiger partial charge on any atom is -0.363 e. The van der Waals surface area contributed by atoms with Crippen LogP contribution >= 0.6 is 0 Å². The molecule has 0 aliphatic rings. The number of pyridine rings is 1. The van der Waals surface area contributed by atoms with Crippen LogP contribution in [0.2, 0.25) is 0 Å². The average Bonchev–Trinajstić information content (AvgIpc) is 2.69. The Kier molecular flexibility index (Phi) is 2.18. The monoisotopic (exact) mass is 175 g/mol. The van der Waals surface area contributed by atoms with Gasteiger partial charge in [-0.15, -0.1) is 0 Å². The third-order valence-corrected chi connectivity index (χ3v) is 1.57. The molecule has 0 aromatic carbocycles. The number of rotatable bonds is 3. The first-order chi connectivity index (χ1) is 6.45. The van der Waals surface area contributed by atoms with Crippen molar-refractivity contribution in [1.82, 2.24) is 20.2 Å². The van der Waals surface area contributed by atoms with E-state index in [4.69, 9.17) is 0 Å². The summed E-state index contributed by atoms with van der Waals surface area (Å²) in [5, 5.41) is 9.60. The van der Waals surface area contributed by atoms with E-state index in [2.05, 4.69) is 25.5 Å². The van der Waals surface area contributed by atoms with Crippen molar-refractivity contribution in [2.24, 2.45) is 0 Å². The average molecular weight is 175 g/mol. The fraction of sp³-hybridized carbons (Fsp3) is 0.125. The van der Waals surface area contributed by atoms with Gasteiger partial charge in [-0.1, -0.05) is 6.07 Å². The van der Waals surface area contributed by atoms with E-state index in [9.17, 15) is 0 Å². The second kappa shape index (κ2) is 3.66.